The van der Waals surface area contributed by atoms with Gasteiger partial charge < -0.3 is 15.2 Å². The summed E-state index contributed by atoms with van der Waals surface area (Å²) in [6, 6.07) is 8.21. The number of nitrogens with one attached hydrogen (secondary N) is 2. The summed E-state index contributed by atoms with van der Waals surface area (Å²) in [6.45, 7) is 4.67. The molecular formula is C26H27F3N4O2. The van der Waals surface area contributed by atoms with Gasteiger partial charge in [0.05, 0.1) is 16.5 Å². The van der Waals surface area contributed by atoms with Gasteiger partial charge in [-0.1, -0.05) is 0 Å². The van der Waals surface area contributed by atoms with Crippen LogP contribution in [0.15, 0.2) is 41.2 Å². The number of hydrogen-bond donors (Lipinski definition) is 2. The van der Waals surface area contributed by atoms with Crippen molar-refractivity contribution in [3.8, 4) is 0 Å². The number of benzene rings is 2. The maximum atomic E-state index is 13.9. The molecule has 1 saturated heterocycles. The summed E-state index contributed by atoms with van der Waals surface area (Å²) < 4.78 is 41.6. The van der Waals surface area contributed by atoms with Crippen molar-refractivity contribution >= 4 is 22.5 Å². The lowest BCUT2D eigenvalue weighted by Crippen LogP contribution is -2.39. The molecule has 0 unspecified atom stereocenters. The van der Waals surface area contributed by atoms with Crippen LogP contribution in [0.1, 0.15) is 66.0 Å². The molecule has 1 atom stereocenters. The number of likely N-dealkylation sites (tertiary alicyclic amines) is 1. The van der Waals surface area contributed by atoms with E-state index < -0.39 is 23.3 Å². The molecule has 1 aliphatic heterocycles. The highest BCUT2D eigenvalue weighted by molar-refractivity contribution is 5.94. The number of piperidine rings is 1. The number of rotatable bonds is 4. The van der Waals surface area contributed by atoms with Gasteiger partial charge in [0, 0.05) is 30.4 Å². The SMILES string of the molecule is Cc1nc2cc(C(F)(F)F)c([C@H](C)Nc3ccc(C(=O)N4CCC5(CC4)CC5)cc3)cc2c(=O)[nH]1. The van der Waals surface area contributed by atoms with Crippen molar-refractivity contribution < 1.29 is 18.0 Å². The molecular weight excluding hydrogens is 457 g/mol. The van der Waals surface area contributed by atoms with Crippen LogP contribution in [-0.4, -0.2) is 33.9 Å². The summed E-state index contributed by atoms with van der Waals surface area (Å²) in [5, 5.41) is 3.17. The molecule has 2 aromatic carbocycles. The Hall–Kier alpha value is -3.36. The molecule has 0 bridgehead atoms. The number of anilines is 1. The maximum absolute atomic E-state index is 13.9. The first-order chi connectivity index (χ1) is 16.5. The van der Waals surface area contributed by atoms with Crippen LogP contribution >= 0.6 is 0 Å². The van der Waals surface area contributed by atoms with E-state index in [0.717, 1.165) is 32.0 Å². The number of fused-ring (bicyclic) bond motifs is 1. The number of H-pyrrole nitrogens is 1. The summed E-state index contributed by atoms with van der Waals surface area (Å²) in [4.78, 5) is 33.7. The summed E-state index contributed by atoms with van der Waals surface area (Å²) in [5.74, 6) is 0.233. The Morgan fingerprint density at radius 2 is 1.77 bits per heavy atom. The Labute approximate surface area is 200 Å². The van der Waals surface area contributed by atoms with Crippen LogP contribution in [0, 0.1) is 12.3 Å². The fourth-order valence-corrected chi connectivity index (χ4v) is 5.00. The van der Waals surface area contributed by atoms with Crippen LogP contribution in [0.25, 0.3) is 10.9 Å². The molecule has 9 heteroatoms. The number of carbonyl (C=O) groups is 1. The zero-order valence-corrected chi connectivity index (χ0v) is 19.6. The molecule has 1 amide bonds. The van der Waals surface area contributed by atoms with E-state index in [1.807, 2.05) is 4.90 Å². The molecule has 6 nitrogen and oxygen atoms in total. The average Bonchev–Trinajstić information content (AvgIpc) is 3.57. The average molecular weight is 485 g/mol. The fourth-order valence-electron chi connectivity index (χ4n) is 5.00. The Kier molecular flexibility index (Phi) is 5.61. The van der Waals surface area contributed by atoms with Crippen LogP contribution in [0.3, 0.4) is 0 Å². The second-order valence-electron chi connectivity index (χ2n) is 9.84. The standard InChI is InChI=1S/C26H27F3N4O2/c1-15(19-13-20-22(14-21(19)26(27,28)29)31-16(2)32-23(20)34)30-18-5-3-17(4-6-18)24(35)33-11-9-25(7-8-25)10-12-33/h3-6,13-15,30H,7-12H2,1-2H3,(H,31,32,34)/t15-/m0/s1. The highest BCUT2D eigenvalue weighted by atomic mass is 19.4. The Balaban J connectivity index is 1.36. The van der Waals surface area contributed by atoms with E-state index in [4.69, 9.17) is 0 Å². The number of amides is 1. The van der Waals surface area contributed by atoms with Gasteiger partial charge in [-0.05, 0) is 86.9 Å². The van der Waals surface area contributed by atoms with Gasteiger partial charge in [0.2, 0.25) is 0 Å². The molecule has 2 aliphatic rings. The van der Waals surface area contributed by atoms with Crippen molar-refractivity contribution in [3.63, 3.8) is 0 Å². The monoisotopic (exact) mass is 484 g/mol. The zero-order valence-electron chi connectivity index (χ0n) is 19.6. The summed E-state index contributed by atoms with van der Waals surface area (Å²) in [7, 11) is 0. The third kappa shape index (κ3) is 4.63. The lowest BCUT2D eigenvalue weighted by molar-refractivity contribution is -0.138. The highest BCUT2D eigenvalue weighted by Gasteiger charge is 2.45. The minimum Gasteiger partial charge on any atom is -0.379 e. The van der Waals surface area contributed by atoms with Gasteiger partial charge in [-0.2, -0.15) is 13.2 Å². The third-order valence-corrected chi connectivity index (χ3v) is 7.35. The van der Waals surface area contributed by atoms with E-state index in [-0.39, 0.29) is 28.2 Å². The smallest absolute Gasteiger partial charge is 0.379 e. The Morgan fingerprint density at radius 1 is 1.11 bits per heavy atom. The van der Waals surface area contributed by atoms with E-state index in [1.54, 1.807) is 31.2 Å². The first kappa shape index (κ1) is 23.4. The molecule has 2 heterocycles. The van der Waals surface area contributed by atoms with Crippen LogP contribution in [-0.2, 0) is 6.18 Å². The maximum Gasteiger partial charge on any atom is 0.416 e. The Morgan fingerprint density at radius 3 is 2.37 bits per heavy atom. The molecule has 0 radical (unpaired) electrons. The van der Waals surface area contributed by atoms with Gasteiger partial charge in [-0.15, -0.1) is 0 Å². The Bertz CT molecular complexity index is 1330. The van der Waals surface area contributed by atoms with Gasteiger partial charge >= 0.3 is 6.18 Å². The van der Waals surface area contributed by atoms with Crippen molar-refractivity contribution in [2.24, 2.45) is 5.41 Å². The summed E-state index contributed by atoms with van der Waals surface area (Å²) >= 11 is 0. The van der Waals surface area contributed by atoms with Crippen molar-refractivity contribution in [1.29, 1.82) is 0 Å². The van der Waals surface area contributed by atoms with Crippen LogP contribution in [0.4, 0.5) is 18.9 Å². The van der Waals surface area contributed by atoms with E-state index in [1.165, 1.54) is 25.8 Å². The molecule has 2 fully saturated rings. The lowest BCUT2D eigenvalue weighted by atomic mass is 9.93. The van der Waals surface area contributed by atoms with Gasteiger partial charge in [0.25, 0.3) is 11.5 Å². The summed E-state index contributed by atoms with van der Waals surface area (Å²) in [6.07, 6.45) is 0.0421. The molecule has 1 saturated carbocycles. The van der Waals surface area contributed by atoms with Gasteiger partial charge in [-0.25, -0.2) is 4.98 Å². The molecule has 1 aliphatic carbocycles. The van der Waals surface area contributed by atoms with E-state index in [2.05, 4.69) is 15.3 Å². The molecule has 5 rings (SSSR count). The largest absolute Gasteiger partial charge is 0.416 e. The van der Waals surface area contributed by atoms with Gasteiger partial charge in [0.15, 0.2) is 0 Å². The van der Waals surface area contributed by atoms with Crippen LogP contribution < -0.4 is 10.9 Å². The zero-order chi connectivity index (χ0) is 25.0. The van der Waals surface area contributed by atoms with Gasteiger partial charge in [-0.3, -0.25) is 9.59 Å². The molecule has 2 N–H and O–H groups in total. The molecule has 184 valence electrons. The first-order valence-corrected chi connectivity index (χ1v) is 11.8. The summed E-state index contributed by atoms with van der Waals surface area (Å²) in [5.41, 5.74) is 0.249. The number of aromatic amines is 1. The number of halogens is 3. The third-order valence-electron chi connectivity index (χ3n) is 7.35. The molecule has 1 spiro atoms. The van der Waals surface area contributed by atoms with E-state index >= 15 is 0 Å². The highest BCUT2D eigenvalue weighted by Crippen LogP contribution is 2.53. The molecule has 1 aromatic heterocycles. The predicted octanol–water partition coefficient (Wildman–Crippen LogP) is 5.44. The topological polar surface area (TPSA) is 78.1 Å². The molecule has 35 heavy (non-hydrogen) atoms. The normalized spacial score (nSPS) is 18.0. The minimum atomic E-state index is -4.61. The van der Waals surface area contributed by atoms with Crippen molar-refractivity contribution in [2.45, 2.75) is 51.7 Å². The minimum absolute atomic E-state index is 0.00251. The second-order valence-corrected chi connectivity index (χ2v) is 9.84. The number of carbonyl (C=O) groups excluding carboxylic acids is 1. The predicted molar refractivity (Wildman–Crippen MR) is 127 cm³/mol. The number of aryl methyl sites for hydroxylation is 1. The van der Waals surface area contributed by atoms with Crippen molar-refractivity contribution in [3.05, 3.63) is 69.3 Å². The van der Waals surface area contributed by atoms with Gasteiger partial charge in [0.1, 0.15) is 5.82 Å². The van der Waals surface area contributed by atoms with E-state index in [9.17, 15) is 22.8 Å². The van der Waals surface area contributed by atoms with Crippen molar-refractivity contribution in [2.75, 3.05) is 18.4 Å². The second kappa shape index (κ2) is 8.39. The quantitative estimate of drug-likeness (QED) is 0.517. The fraction of sp³-hybridized carbons (Fsp3) is 0.423. The number of hydrogen-bond acceptors (Lipinski definition) is 4. The molecule has 3 aromatic rings. The lowest BCUT2D eigenvalue weighted by Gasteiger charge is -2.32. The number of nitrogens with zero attached hydrogens (tertiary/aromatic N) is 2. The van der Waals surface area contributed by atoms with Crippen molar-refractivity contribution in [1.82, 2.24) is 14.9 Å². The number of aromatic nitrogens is 2. The van der Waals surface area contributed by atoms with Crippen LogP contribution in [0.5, 0.6) is 0 Å². The number of alkyl halides is 3. The van der Waals surface area contributed by atoms with Crippen LogP contribution in [0.2, 0.25) is 0 Å². The van der Waals surface area contributed by atoms with E-state index in [0.29, 0.717) is 16.7 Å². The first-order valence-electron chi connectivity index (χ1n) is 11.8.